The summed E-state index contributed by atoms with van der Waals surface area (Å²) in [5.74, 6) is -0.128. The fraction of sp³-hybridized carbons (Fsp3) is 0.0833. The zero-order valence-corrected chi connectivity index (χ0v) is 16.2. The molecule has 8 heteroatoms. The summed E-state index contributed by atoms with van der Waals surface area (Å²) in [6, 6.07) is 17.9. The van der Waals surface area contributed by atoms with Crippen LogP contribution in [0.1, 0.15) is 11.1 Å². The first-order valence-electron chi connectivity index (χ1n) is 9.41. The number of halogens is 6. The Balaban J connectivity index is 1.79. The second-order valence-electron chi connectivity index (χ2n) is 6.93. The minimum absolute atomic E-state index is 0.00135. The van der Waals surface area contributed by atoms with Crippen LogP contribution in [0.15, 0.2) is 85.1 Å². The zero-order valence-electron chi connectivity index (χ0n) is 16.2. The maximum atomic E-state index is 13.4. The van der Waals surface area contributed by atoms with E-state index in [2.05, 4.69) is 9.97 Å². The van der Waals surface area contributed by atoms with E-state index in [4.69, 9.17) is 0 Å². The number of rotatable bonds is 3. The second-order valence-corrected chi connectivity index (χ2v) is 6.93. The molecule has 0 saturated carbocycles. The molecule has 0 unspecified atom stereocenters. The van der Waals surface area contributed by atoms with Gasteiger partial charge in [0.2, 0.25) is 0 Å². The molecule has 0 aliphatic heterocycles. The van der Waals surface area contributed by atoms with Gasteiger partial charge in [-0.05, 0) is 35.4 Å². The molecule has 162 valence electrons. The second kappa shape index (κ2) is 8.11. The molecule has 4 rings (SSSR count). The van der Waals surface area contributed by atoms with Crippen LogP contribution in [0, 0.1) is 0 Å². The average Bonchev–Trinajstić information content (AvgIpc) is 2.78. The van der Waals surface area contributed by atoms with Crippen LogP contribution in [0.4, 0.5) is 26.3 Å². The summed E-state index contributed by atoms with van der Waals surface area (Å²) in [6.07, 6.45) is -7.80. The van der Waals surface area contributed by atoms with Gasteiger partial charge in [-0.25, -0.2) is 9.97 Å². The average molecular weight is 444 g/mol. The van der Waals surface area contributed by atoms with Crippen molar-refractivity contribution in [2.24, 2.45) is 0 Å². The van der Waals surface area contributed by atoms with Crippen LogP contribution in [0.3, 0.4) is 0 Å². The monoisotopic (exact) mass is 444 g/mol. The van der Waals surface area contributed by atoms with Crippen LogP contribution in [0.25, 0.3) is 33.8 Å². The number of aromatic nitrogens is 2. The van der Waals surface area contributed by atoms with Crippen molar-refractivity contribution in [1.29, 1.82) is 0 Å². The number of nitrogens with zero attached hydrogens (tertiary/aromatic N) is 2. The predicted octanol–water partition coefficient (Wildman–Crippen LogP) is 7.52. The van der Waals surface area contributed by atoms with Crippen LogP contribution in [-0.2, 0) is 12.4 Å². The quantitative estimate of drug-likeness (QED) is 0.306. The highest BCUT2D eigenvalue weighted by Crippen LogP contribution is 2.38. The molecule has 0 bridgehead atoms. The molecule has 0 aliphatic rings. The normalized spacial score (nSPS) is 12.1. The van der Waals surface area contributed by atoms with Crippen LogP contribution < -0.4 is 0 Å². The molecule has 4 aromatic rings. The standard InChI is InChI=1S/C24H14F6N2/c25-23(26,27)19-10-3-1-8-17(19)15-6-5-7-16(14-15)21-12-13-31-22(32-21)18-9-2-4-11-20(18)24(28,29)30/h1-14H. The lowest BCUT2D eigenvalue weighted by atomic mass is 9.97. The minimum atomic E-state index is -4.59. The lowest BCUT2D eigenvalue weighted by Gasteiger charge is -2.14. The number of hydrogen-bond donors (Lipinski definition) is 0. The number of hydrogen-bond acceptors (Lipinski definition) is 2. The van der Waals surface area contributed by atoms with Crippen molar-refractivity contribution in [2.45, 2.75) is 12.4 Å². The molecule has 0 spiro atoms. The van der Waals surface area contributed by atoms with Crippen molar-refractivity contribution in [3.8, 4) is 33.8 Å². The van der Waals surface area contributed by atoms with Crippen molar-refractivity contribution >= 4 is 0 Å². The minimum Gasteiger partial charge on any atom is -0.237 e. The highest BCUT2D eigenvalue weighted by atomic mass is 19.4. The van der Waals surface area contributed by atoms with Crippen LogP contribution in [0.2, 0.25) is 0 Å². The van der Waals surface area contributed by atoms with Gasteiger partial charge in [0, 0.05) is 17.3 Å². The summed E-state index contributed by atoms with van der Waals surface area (Å²) in [5, 5.41) is 0. The van der Waals surface area contributed by atoms with Gasteiger partial charge in [-0.1, -0.05) is 54.6 Å². The molecule has 0 fully saturated rings. The largest absolute Gasteiger partial charge is 0.417 e. The Morgan fingerprint density at radius 1 is 0.562 bits per heavy atom. The van der Waals surface area contributed by atoms with Crippen molar-refractivity contribution in [1.82, 2.24) is 9.97 Å². The van der Waals surface area contributed by atoms with E-state index in [-0.39, 0.29) is 17.0 Å². The lowest BCUT2D eigenvalue weighted by Crippen LogP contribution is -2.08. The molecule has 2 nitrogen and oxygen atoms in total. The molecule has 0 N–H and O–H groups in total. The third-order valence-corrected chi connectivity index (χ3v) is 4.83. The van der Waals surface area contributed by atoms with Crippen molar-refractivity contribution in [3.05, 3.63) is 96.2 Å². The summed E-state index contributed by atoms with van der Waals surface area (Å²) in [7, 11) is 0. The SMILES string of the molecule is FC(F)(F)c1ccccc1-c1cccc(-c2ccnc(-c3ccccc3C(F)(F)F)n2)c1. The van der Waals surface area contributed by atoms with Gasteiger partial charge < -0.3 is 0 Å². The Labute approximate surface area is 179 Å². The third kappa shape index (κ3) is 4.34. The maximum absolute atomic E-state index is 13.4. The Hall–Kier alpha value is -3.68. The van der Waals surface area contributed by atoms with E-state index in [0.29, 0.717) is 16.8 Å². The topological polar surface area (TPSA) is 25.8 Å². The smallest absolute Gasteiger partial charge is 0.237 e. The molecule has 1 aromatic heterocycles. The maximum Gasteiger partial charge on any atom is 0.417 e. The van der Waals surface area contributed by atoms with Gasteiger partial charge in [-0.3, -0.25) is 0 Å². The number of benzene rings is 3. The van der Waals surface area contributed by atoms with Gasteiger partial charge in [0.1, 0.15) is 0 Å². The van der Waals surface area contributed by atoms with E-state index in [0.717, 1.165) is 12.1 Å². The molecular formula is C24H14F6N2. The Morgan fingerprint density at radius 3 is 1.78 bits per heavy atom. The molecule has 0 saturated heterocycles. The molecule has 0 radical (unpaired) electrons. The summed E-state index contributed by atoms with van der Waals surface area (Å²) < 4.78 is 80.4. The zero-order chi connectivity index (χ0) is 22.9. The van der Waals surface area contributed by atoms with E-state index in [1.54, 1.807) is 12.1 Å². The summed E-state index contributed by atoms with van der Waals surface area (Å²) in [5.41, 5.74) is -0.777. The Bertz CT molecular complexity index is 1160. The van der Waals surface area contributed by atoms with E-state index < -0.39 is 23.5 Å². The van der Waals surface area contributed by atoms with Crippen LogP contribution >= 0.6 is 0 Å². The molecule has 3 aromatic carbocycles. The Kier molecular flexibility index (Phi) is 5.46. The molecule has 1 heterocycles. The Morgan fingerprint density at radius 2 is 1.12 bits per heavy atom. The molecule has 32 heavy (non-hydrogen) atoms. The van der Waals surface area contributed by atoms with Gasteiger partial charge in [-0.15, -0.1) is 0 Å². The third-order valence-electron chi connectivity index (χ3n) is 4.83. The van der Waals surface area contributed by atoms with Gasteiger partial charge in [0.05, 0.1) is 16.8 Å². The highest BCUT2D eigenvalue weighted by Gasteiger charge is 2.34. The molecule has 0 atom stereocenters. The fourth-order valence-electron chi connectivity index (χ4n) is 3.40. The predicted molar refractivity (Wildman–Crippen MR) is 108 cm³/mol. The van der Waals surface area contributed by atoms with Gasteiger partial charge in [0.15, 0.2) is 5.82 Å². The molecular weight excluding hydrogens is 430 g/mol. The summed E-state index contributed by atoms with van der Waals surface area (Å²) in [6.45, 7) is 0. The number of alkyl halides is 6. The van der Waals surface area contributed by atoms with Crippen LogP contribution in [0.5, 0.6) is 0 Å². The van der Waals surface area contributed by atoms with E-state index in [9.17, 15) is 26.3 Å². The first-order valence-corrected chi connectivity index (χ1v) is 9.41. The van der Waals surface area contributed by atoms with Gasteiger partial charge in [0.25, 0.3) is 0 Å². The van der Waals surface area contributed by atoms with Crippen LogP contribution in [-0.4, -0.2) is 9.97 Å². The van der Waals surface area contributed by atoms with E-state index in [1.807, 2.05) is 0 Å². The van der Waals surface area contributed by atoms with Crippen molar-refractivity contribution in [2.75, 3.05) is 0 Å². The highest BCUT2D eigenvalue weighted by molar-refractivity contribution is 5.74. The molecule has 0 aliphatic carbocycles. The van der Waals surface area contributed by atoms with E-state index >= 15 is 0 Å². The lowest BCUT2D eigenvalue weighted by molar-refractivity contribution is -0.137. The summed E-state index contributed by atoms with van der Waals surface area (Å²) >= 11 is 0. The first kappa shape index (κ1) is 21.5. The molecule has 0 amide bonds. The van der Waals surface area contributed by atoms with Crippen molar-refractivity contribution in [3.63, 3.8) is 0 Å². The first-order chi connectivity index (χ1) is 15.1. The van der Waals surface area contributed by atoms with Gasteiger partial charge in [-0.2, -0.15) is 26.3 Å². The van der Waals surface area contributed by atoms with Crippen molar-refractivity contribution < 1.29 is 26.3 Å². The van der Waals surface area contributed by atoms with E-state index in [1.165, 1.54) is 60.8 Å². The summed E-state index contributed by atoms with van der Waals surface area (Å²) in [4.78, 5) is 8.24. The van der Waals surface area contributed by atoms with Gasteiger partial charge >= 0.3 is 12.4 Å². The fourth-order valence-corrected chi connectivity index (χ4v) is 3.40.